The summed E-state index contributed by atoms with van der Waals surface area (Å²) in [4.78, 5) is 0. The van der Waals surface area contributed by atoms with E-state index in [1.54, 1.807) is 0 Å². The summed E-state index contributed by atoms with van der Waals surface area (Å²) in [5.74, 6) is 0. The molecule has 24 heavy (non-hydrogen) atoms. The van der Waals surface area contributed by atoms with Gasteiger partial charge >= 0.3 is 0 Å². The number of benzene rings is 2. The van der Waals surface area contributed by atoms with Crippen LogP contribution in [-0.4, -0.2) is 12.8 Å². The van der Waals surface area contributed by atoms with E-state index in [2.05, 4.69) is 23.5 Å². The Kier molecular flexibility index (Phi) is 4.34. The van der Waals surface area contributed by atoms with Crippen molar-refractivity contribution in [2.24, 2.45) is 0 Å². The first-order valence-electron chi connectivity index (χ1n) is 7.92. The summed E-state index contributed by atoms with van der Waals surface area (Å²) in [6, 6.07) is 16.3. The Morgan fingerprint density at radius 1 is 1.00 bits per heavy atom. The Bertz CT molecular complexity index is 868. The molecule has 120 valence electrons. The quantitative estimate of drug-likeness (QED) is 0.722. The van der Waals surface area contributed by atoms with Crippen molar-refractivity contribution in [3.8, 4) is 0 Å². The molecule has 0 spiro atoms. The van der Waals surface area contributed by atoms with Gasteiger partial charge in [-0.2, -0.15) is 0 Å². The predicted octanol–water partition coefficient (Wildman–Crippen LogP) is 4.65. The van der Waals surface area contributed by atoms with Crippen molar-refractivity contribution in [1.82, 2.24) is 0 Å². The molecule has 0 fully saturated rings. The molecule has 3 nitrogen and oxygen atoms in total. The molecular formula is C21H21N3. The summed E-state index contributed by atoms with van der Waals surface area (Å²) >= 11 is 0. The molecule has 0 aliphatic heterocycles. The first-order valence-corrected chi connectivity index (χ1v) is 7.92. The number of hydrogen-bond acceptors (Lipinski definition) is 3. The molecule has 1 aliphatic rings. The predicted molar refractivity (Wildman–Crippen MR) is 103 cm³/mol. The van der Waals surface area contributed by atoms with Gasteiger partial charge in [0.15, 0.2) is 0 Å². The van der Waals surface area contributed by atoms with E-state index in [4.69, 9.17) is 11.1 Å². The zero-order valence-electron chi connectivity index (χ0n) is 13.9. The van der Waals surface area contributed by atoms with Gasteiger partial charge in [-0.05, 0) is 71.2 Å². The average molecular weight is 315 g/mol. The minimum atomic E-state index is 0.555. The van der Waals surface area contributed by atoms with E-state index in [0.29, 0.717) is 5.71 Å². The minimum absolute atomic E-state index is 0.555. The Morgan fingerprint density at radius 2 is 1.75 bits per heavy atom. The number of nitrogen functional groups attached to an aromatic ring is 1. The van der Waals surface area contributed by atoms with Gasteiger partial charge in [0.2, 0.25) is 0 Å². The molecule has 0 saturated heterocycles. The fraction of sp³-hybridized carbons (Fsp3) is 0.0952. The lowest BCUT2D eigenvalue weighted by Gasteiger charge is -2.16. The van der Waals surface area contributed by atoms with Crippen molar-refractivity contribution < 1.29 is 0 Å². The molecule has 0 bridgehead atoms. The van der Waals surface area contributed by atoms with Gasteiger partial charge in [-0.25, -0.2) is 0 Å². The third-order valence-corrected chi connectivity index (χ3v) is 4.15. The van der Waals surface area contributed by atoms with Crippen molar-refractivity contribution in [3.63, 3.8) is 0 Å². The number of hydrogen-bond donors (Lipinski definition) is 3. The van der Waals surface area contributed by atoms with Crippen molar-refractivity contribution in [2.45, 2.75) is 6.92 Å². The van der Waals surface area contributed by atoms with Crippen LogP contribution in [0, 0.1) is 5.41 Å². The molecule has 1 aliphatic carbocycles. The largest absolute Gasteiger partial charge is 0.399 e. The van der Waals surface area contributed by atoms with Gasteiger partial charge in [-0.3, -0.25) is 0 Å². The second-order valence-electron chi connectivity index (χ2n) is 5.86. The highest BCUT2D eigenvalue weighted by molar-refractivity contribution is 6.08. The normalized spacial score (nSPS) is 15.9. The Morgan fingerprint density at radius 3 is 2.42 bits per heavy atom. The van der Waals surface area contributed by atoms with Crippen LogP contribution in [0.2, 0.25) is 0 Å². The summed E-state index contributed by atoms with van der Waals surface area (Å²) in [6.07, 6.45) is 5.93. The number of nitrogens with one attached hydrogen (secondary N) is 2. The van der Waals surface area contributed by atoms with Crippen molar-refractivity contribution >= 4 is 22.7 Å². The Hall–Kier alpha value is -3.07. The number of anilines is 2. The van der Waals surface area contributed by atoms with E-state index in [0.717, 1.165) is 39.2 Å². The number of allylic oxidation sites excluding steroid dienone is 5. The summed E-state index contributed by atoms with van der Waals surface area (Å²) < 4.78 is 0. The summed E-state index contributed by atoms with van der Waals surface area (Å²) in [5, 5.41) is 11.1. The maximum Gasteiger partial charge on any atom is 0.0569 e. The molecule has 0 amide bonds. The highest BCUT2D eigenvalue weighted by Gasteiger charge is 2.13. The van der Waals surface area contributed by atoms with Crippen molar-refractivity contribution in [1.29, 1.82) is 5.41 Å². The highest BCUT2D eigenvalue weighted by Crippen LogP contribution is 2.32. The lowest BCUT2D eigenvalue weighted by atomic mass is 9.89. The molecule has 0 saturated carbocycles. The van der Waals surface area contributed by atoms with Crippen LogP contribution in [0.5, 0.6) is 0 Å². The van der Waals surface area contributed by atoms with Crippen LogP contribution >= 0.6 is 0 Å². The first-order chi connectivity index (χ1) is 11.6. The van der Waals surface area contributed by atoms with Gasteiger partial charge in [-0.1, -0.05) is 30.3 Å². The fourth-order valence-corrected chi connectivity index (χ4v) is 2.80. The van der Waals surface area contributed by atoms with Crippen molar-refractivity contribution in [3.05, 3.63) is 89.0 Å². The maximum atomic E-state index is 7.92. The standard InChI is InChI=1S/C21H21N3/c1-14-12-17(8-11-20(14)23)21(15-6-9-18(22)10-7-15)16-4-3-5-19(13-16)24-2/h3-13,23-24H,22H2,1-2H3. The summed E-state index contributed by atoms with van der Waals surface area (Å²) in [5.41, 5.74) is 13.6. The second kappa shape index (κ2) is 6.59. The lowest BCUT2D eigenvalue weighted by Crippen LogP contribution is -2.02. The van der Waals surface area contributed by atoms with E-state index >= 15 is 0 Å². The monoisotopic (exact) mass is 315 g/mol. The molecule has 4 N–H and O–H groups in total. The van der Waals surface area contributed by atoms with E-state index < -0.39 is 0 Å². The van der Waals surface area contributed by atoms with Crippen LogP contribution < -0.4 is 11.1 Å². The second-order valence-corrected chi connectivity index (χ2v) is 5.86. The van der Waals surface area contributed by atoms with Crippen LogP contribution in [-0.2, 0) is 0 Å². The van der Waals surface area contributed by atoms with E-state index in [-0.39, 0.29) is 0 Å². The molecule has 0 atom stereocenters. The van der Waals surface area contributed by atoms with Gasteiger partial charge in [0, 0.05) is 18.4 Å². The molecule has 0 unspecified atom stereocenters. The fourth-order valence-electron chi connectivity index (χ4n) is 2.80. The molecule has 2 aromatic carbocycles. The first kappa shape index (κ1) is 15.8. The summed E-state index contributed by atoms with van der Waals surface area (Å²) in [6.45, 7) is 1.97. The SMILES string of the molecule is CNc1cccc(C(=C2C=CC(=N)C(C)=C2)c2ccc(N)cc2)c1. The molecule has 3 rings (SSSR count). The molecule has 3 heteroatoms. The smallest absolute Gasteiger partial charge is 0.0569 e. The van der Waals surface area contributed by atoms with Crippen LogP contribution in [0.25, 0.3) is 5.57 Å². The van der Waals surface area contributed by atoms with Gasteiger partial charge in [0.25, 0.3) is 0 Å². The van der Waals surface area contributed by atoms with Crippen LogP contribution in [0.4, 0.5) is 11.4 Å². The topological polar surface area (TPSA) is 61.9 Å². The molecule has 0 aromatic heterocycles. The Labute approximate surface area is 142 Å². The van der Waals surface area contributed by atoms with Crippen LogP contribution in [0.3, 0.4) is 0 Å². The number of nitrogens with two attached hydrogens (primary N) is 1. The summed E-state index contributed by atoms with van der Waals surface area (Å²) in [7, 11) is 1.92. The number of rotatable bonds is 3. The van der Waals surface area contributed by atoms with Crippen LogP contribution in [0.15, 0.2) is 77.9 Å². The van der Waals surface area contributed by atoms with Gasteiger partial charge < -0.3 is 16.5 Å². The third-order valence-electron chi connectivity index (χ3n) is 4.15. The van der Waals surface area contributed by atoms with Gasteiger partial charge in [0.1, 0.15) is 0 Å². The van der Waals surface area contributed by atoms with Crippen LogP contribution in [0.1, 0.15) is 18.1 Å². The van der Waals surface area contributed by atoms with Crippen molar-refractivity contribution in [2.75, 3.05) is 18.1 Å². The lowest BCUT2D eigenvalue weighted by molar-refractivity contribution is 1.41. The zero-order valence-corrected chi connectivity index (χ0v) is 13.9. The van der Waals surface area contributed by atoms with E-state index in [1.807, 2.05) is 62.5 Å². The zero-order chi connectivity index (χ0) is 17.1. The molecule has 0 radical (unpaired) electrons. The highest BCUT2D eigenvalue weighted by atomic mass is 14.8. The maximum absolute atomic E-state index is 7.92. The van der Waals surface area contributed by atoms with Gasteiger partial charge in [-0.15, -0.1) is 0 Å². The Balaban J connectivity index is 2.23. The molecule has 2 aromatic rings. The van der Waals surface area contributed by atoms with E-state index in [1.165, 1.54) is 0 Å². The third kappa shape index (κ3) is 3.15. The molecular weight excluding hydrogens is 294 g/mol. The van der Waals surface area contributed by atoms with Gasteiger partial charge in [0.05, 0.1) is 5.71 Å². The molecule has 0 heterocycles. The minimum Gasteiger partial charge on any atom is -0.399 e. The average Bonchev–Trinajstić information content (AvgIpc) is 2.60. The van der Waals surface area contributed by atoms with E-state index in [9.17, 15) is 0 Å².